The largest absolute Gasteiger partial charge is 0.445 e. The molecule has 25 heavy (non-hydrogen) atoms. The van der Waals surface area contributed by atoms with E-state index in [-0.39, 0.29) is 19.6 Å². The molecule has 2 aromatic carbocycles. The van der Waals surface area contributed by atoms with Gasteiger partial charge in [0, 0.05) is 6.54 Å². The van der Waals surface area contributed by atoms with Crippen molar-refractivity contribution in [2.24, 2.45) is 0 Å². The Balaban J connectivity index is 1.69. The molecule has 3 rings (SSSR count). The highest BCUT2D eigenvalue weighted by Crippen LogP contribution is 2.25. The number of carbonyl (C=O) groups is 1. The number of amides is 1. The van der Waals surface area contributed by atoms with Crippen LogP contribution >= 0.6 is 0 Å². The zero-order chi connectivity index (χ0) is 17.6. The number of nitrogens with zero attached hydrogens (tertiary/aromatic N) is 1. The summed E-state index contributed by atoms with van der Waals surface area (Å²) < 4.78 is 20.0. The van der Waals surface area contributed by atoms with Gasteiger partial charge in [-0.1, -0.05) is 60.7 Å². The Kier molecular flexibility index (Phi) is 5.66. The number of rotatable bonds is 4. The van der Waals surface area contributed by atoms with Crippen LogP contribution in [0.15, 0.2) is 60.7 Å². The highest BCUT2D eigenvalue weighted by Gasteiger charge is 2.40. The lowest BCUT2D eigenvalue weighted by Gasteiger charge is -2.39. The van der Waals surface area contributed by atoms with Crippen molar-refractivity contribution in [3.05, 3.63) is 71.8 Å². The number of carbonyl (C=O) groups excluding carboxylic acids is 1. The lowest BCUT2D eigenvalue weighted by atomic mass is 9.92. The van der Waals surface area contributed by atoms with Crippen LogP contribution in [0.4, 0.5) is 9.18 Å². The summed E-state index contributed by atoms with van der Waals surface area (Å²) >= 11 is 0. The van der Waals surface area contributed by atoms with Crippen LogP contribution < -0.4 is 0 Å². The molecule has 0 saturated carbocycles. The Hall–Kier alpha value is -2.40. The van der Waals surface area contributed by atoms with Crippen molar-refractivity contribution in [2.45, 2.75) is 37.8 Å². The van der Waals surface area contributed by atoms with Gasteiger partial charge >= 0.3 is 6.09 Å². The van der Waals surface area contributed by atoms with Gasteiger partial charge in [0.25, 0.3) is 0 Å². The van der Waals surface area contributed by atoms with Crippen LogP contribution in [0, 0.1) is 0 Å². The van der Waals surface area contributed by atoms with Crippen molar-refractivity contribution < 1.29 is 19.0 Å². The van der Waals surface area contributed by atoms with E-state index < -0.39 is 24.4 Å². The van der Waals surface area contributed by atoms with Gasteiger partial charge in [-0.2, -0.15) is 0 Å². The van der Waals surface area contributed by atoms with Gasteiger partial charge in [0.05, 0.1) is 12.1 Å². The number of hydrogen-bond acceptors (Lipinski definition) is 3. The summed E-state index contributed by atoms with van der Waals surface area (Å²) in [7, 11) is 0. The highest BCUT2D eigenvalue weighted by molar-refractivity contribution is 5.68. The number of aliphatic hydroxyl groups excluding tert-OH is 1. The Morgan fingerprint density at radius 3 is 2.32 bits per heavy atom. The first kappa shape index (κ1) is 17.4. The number of hydrogen-bond donors (Lipinski definition) is 1. The van der Waals surface area contributed by atoms with E-state index in [2.05, 4.69) is 0 Å². The molecule has 1 heterocycles. The number of likely N-dealkylation sites (tertiary alicyclic amines) is 1. The summed E-state index contributed by atoms with van der Waals surface area (Å²) in [5.41, 5.74) is 1.80. The summed E-state index contributed by atoms with van der Waals surface area (Å²) in [6.07, 6.45) is -2.52. The first-order chi connectivity index (χ1) is 12.1. The Bertz CT molecular complexity index is 680. The van der Waals surface area contributed by atoms with E-state index in [4.69, 9.17) is 4.74 Å². The Labute approximate surface area is 146 Å². The molecule has 0 radical (unpaired) electrons. The predicted molar refractivity (Wildman–Crippen MR) is 92.8 cm³/mol. The number of alkyl halides is 1. The maximum Gasteiger partial charge on any atom is 0.410 e. The van der Waals surface area contributed by atoms with E-state index in [0.717, 1.165) is 11.1 Å². The lowest BCUT2D eigenvalue weighted by Crippen LogP contribution is -2.56. The molecule has 1 N–H and O–H groups in total. The van der Waals surface area contributed by atoms with Crippen LogP contribution in [0.1, 0.15) is 17.5 Å². The van der Waals surface area contributed by atoms with E-state index in [1.165, 1.54) is 4.90 Å². The van der Waals surface area contributed by atoms with Crippen molar-refractivity contribution >= 4 is 6.09 Å². The van der Waals surface area contributed by atoms with E-state index >= 15 is 0 Å². The molecule has 1 fully saturated rings. The zero-order valence-electron chi connectivity index (χ0n) is 13.9. The fourth-order valence-electron chi connectivity index (χ4n) is 3.13. The second-order valence-electron chi connectivity index (χ2n) is 6.29. The van der Waals surface area contributed by atoms with Crippen molar-refractivity contribution in [3.8, 4) is 0 Å². The van der Waals surface area contributed by atoms with Crippen LogP contribution in [-0.2, 0) is 17.8 Å². The normalized spacial score (nSPS) is 23.3. The van der Waals surface area contributed by atoms with Gasteiger partial charge in [-0.3, -0.25) is 0 Å². The predicted octanol–water partition coefficient (Wildman–Crippen LogP) is 3.34. The van der Waals surface area contributed by atoms with Gasteiger partial charge < -0.3 is 14.7 Å². The van der Waals surface area contributed by atoms with Crippen molar-refractivity contribution in [1.29, 1.82) is 0 Å². The quantitative estimate of drug-likeness (QED) is 0.926. The molecule has 0 aromatic heterocycles. The lowest BCUT2D eigenvalue weighted by molar-refractivity contribution is -0.0329. The van der Waals surface area contributed by atoms with Crippen LogP contribution in [-0.4, -0.2) is 41.0 Å². The molecule has 1 saturated heterocycles. The third-order valence-electron chi connectivity index (χ3n) is 4.53. The third-order valence-corrected chi connectivity index (χ3v) is 4.53. The number of halogens is 1. The minimum Gasteiger partial charge on any atom is -0.445 e. The van der Waals surface area contributed by atoms with E-state index in [9.17, 15) is 14.3 Å². The third kappa shape index (κ3) is 4.37. The molecule has 3 unspecified atom stereocenters. The first-order valence-electron chi connectivity index (χ1n) is 8.48. The minimum absolute atomic E-state index is 0.147. The average molecular weight is 343 g/mol. The van der Waals surface area contributed by atoms with Gasteiger partial charge in [0.15, 0.2) is 0 Å². The summed E-state index contributed by atoms with van der Waals surface area (Å²) in [4.78, 5) is 13.9. The Morgan fingerprint density at radius 1 is 1.08 bits per heavy atom. The van der Waals surface area contributed by atoms with Crippen molar-refractivity contribution in [3.63, 3.8) is 0 Å². The number of aliphatic hydroxyl groups is 1. The van der Waals surface area contributed by atoms with E-state index in [1.807, 2.05) is 60.7 Å². The van der Waals surface area contributed by atoms with Crippen LogP contribution in [0.5, 0.6) is 0 Å². The summed E-state index contributed by atoms with van der Waals surface area (Å²) in [6, 6.07) is 18.1. The SMILES string of the molecule is O=C(OCc1ccccc1)N1CCC(O)C(F)C1Cc1ccccc1. The molecule has 5 heteroatoms. The zero-order valence-corrected chi connectivity index (χ0v) is 13.9. The van der Waals surface area contributed by atoms with Gasteiger partial charge in [-0.15, -0.1) is 0 Å². The smallest absolute Gasteiger partial charge is 0.410 e. The molecule has 1 amide bonds. The molecule has 1 aliphatic heterocycles. The number of piperidine rings is 1. The molecule has 0 bridgehead atoms. The standard InChI is InChI=1S/C20H22FNO3/c21-19-17(13-15-7-3-1-4-8-15)22(12-11-18(19)23)20(24)25-14-16-9-5-2-6-10-16/h1-10,17-19,23H,11-14H2. The second kappa shape index (κ2) is 8.12. The van der Waals surface area contributed by atoms with Crippen LogP contribution in [0.2, 0.25) is 0 Å². The maximum atomic E-state index is 14.6. The molecular weight excluding hydrogens is 321 g/mol. The van der Waals surface area contributed by atoms with Gasteiger partial charge in [0.2, 0.25) is 0 Å². The molecule has 4 nitrogen and oxygen atoms in total. The van der Waals surface area contributed by atoms with E-state index in [0.29, 0.717) is 6.42 Å². The number of ether oxygens (including phenoxy) is 1. The monoisotopic (exact) mass is 343 g/mol. The van der Waals surface area contributed by atoms with Crippen LogP contribution in [0.3, 0.4) is 0 Å². The highest BCUT2D eigenvalue weighted by atomic mass is 19.1. The fourth-order valence-corrected chi connectivity index (χ4v) is 3.13. The van der Waals surface area contributed by atoms with Gasteiger partial charge in [-0.25, -0.2) is 9.18 Å². The molecule has 0 aliphatic carbocycles. The summed E-state index contributed by atoms with van der Waals surface area (Å²) in [6.45, 7) is 0.431. The average Bonchev–Trinajstić information content (AvgIpc) is 2.65. The molecule has 0 spiro atoms. The second-order valence-corrected chi connectivity index (χ2v) is 6.29. The Morgan fingerprint density at radius 2 is 1.68 bits per heavy atom. The van der Waals surface area contributed by atoms with E-state index in [1.54, 1.807) is 0 Å². The molecule has 132 valence electrons. The maximum absolute atomic E-state index is 14.6. The topological polar surface area (TPSA) is 49.8 Å². The van der Waals surface area contributed by atoms with Gasteiger partial charge in [0.1, 0.15) is 12.8 Å². The van der Waals surface area contributed by atoms with Crippen molar-refractivity contribution in [2.75, 3.05) is 6.54 Å². The summed E-state index contributed by atoms with van der Waals surface area (Å²) in [5.74, 6) is 0. The molecule has 3 atom stereocenters. The van der Waals surface area contributed by atoms with Gasteiger partial charge in [-0.05, 0) is 24.0 Å². The minimum atomic E-state index is -1.49. The number of benzene rings is 2. The molecular formula is C20H22FNO3. The van der Waals surface area contributed by atoms with Crippen molar-refractivity contribution in [1.82, 2.24) is 4.90 Å². The molecule has 1 aliphatic rings. The fraction of sp³-hybridized carbons (Fsp3) is 0.350. The van der Waals surface area contributed by atoms with Crippen LogP contribution in [0.25, 0.3) is 0 Å². The first-order valence-corrected chi connectivity index (χ1v) is 8.48. The summed E-state index contributed by atoms with van der Waals surface area (Å²) in [5, 5.41) is 9.88. The molecule has 2 aromatic rings.